The number of hydrogen-bond donors (Lipinski definition) is 1. The van der Waals surface area contributed by atoms with E-state index >= 15 is 0 Å². The van der Waals surface area contributed by atoms with Gasteiger partial charge in [-0.15, -0.1) is 0 Å². The average Bonchev–Trinajstić information content (AvgIpc) is 2.65. The highest BCUT2D eigenvalue weighted by atomic mass is 16.2. The van der Waals surface area contributed by atoms with Crippen LogP contribution in [-0.2, 0) is 11.8 Å². The molecule has 0 spiro atoms. The van der Waals surface area contributed by atoms with Gasteiger partial charge in [-0.3, -0.25) is 14.4 Å². The molecule has 0 aliphatic heterocycles. The standard InChI is InChI=1S/C20H23N3O3/c1-4-23(5-2)19(25)16-13-17(20(26)22(3)14-16)21-18(24)12-11-15-9-7-6-8-10-15/h6-14H,4-5H2,1-3H3,(H,21,24)/b12-11-. The summed E-state index contributed by atoms with van der Waals surface area (Å²) >= 11 is 0. The molecule has 0 fully saturated rings. The predicted molar refractivity (Wildman–Crippen MR) is 103 cm³/mol. The van der Waals surface area contributed by atoms with E-state index in [9.17, 15) is 14.4 Å². The number of anilines is 1. The average molecular weight is 353 g/mol. The summed E-state index contributed by atoms with van der Waals surface area (Å²) in [4.78, 5) is 38.6. The van der Waals surface area contributed by atoms with E-state index in [0.717, 1.165) is 5.56 Å². The molecule has 0 atom stereocenters. The van der Waals surface area contributed by atoms with Gasteiger partial charge in [0.15, 0.2) is 0 Å². The molecule has 6 heteroatoms. The summed E-state index contributed by atoms with van der Waals surface area (Å²) in [5.41, 5.74) is 0.940. The van der Waals surface area contributed by atoms with Gasteiger partial charge in [0.05, 0.1) is 5.56 Å². The van der Waals surface area contributed by atoms with E-state index in [1.807, 2.05) is 44.2 Å². The van der Waals surface area contributed by atoms with Gasteiger partial charge in [0.25, 0.3) is 11.5 Å². The van der Waals surface area contributed by atoms with Crippen molar-refractivity contribution in [2.75, 3.05) is 18.4 Å². The topological polar surface area (TPSA) is 71.4 Å². The number of hydrogen-bond acceptors (Lipinski definition) is 3. The van der Waals surface area contributed by atoms with Crippen LogP contribution in [0, 0.1) is 0 Å². The van der Waals surface area contributed by atoms with Gasteiger partial charge in [-0.25, -0.2) is 0 Å². The number of carbonyl (C=O) groups excluding carboxylic acids is 2. The van der Waals surface area contributed by atoms with Crippen LogP contribution in [-0.4, -0.2) is 34.4 Å². The van der Waals surface area contributed by atoms with Crippen molar-refractivity contribution in [3.05, 3.63) is 70.2 Å². The van der Waals surface area contributed by atoms with E-state index in [-0.39, 0.29) is 17.2 Å². The Balaban J connectivity index is 2.23. The van der Waals surface area contributed by atoms with E-state index in [1.165, 1.54) is 22.9 Å². The van der Waals surface area contributed by atoms with Gasteiger partial charge in [0, 0.05) is 32.4 Å². The van der Waals surface area contributed by atoms with Crippen molar-refractivity contribution in [2.24, 2.45) is 7.05 Å². The Kier molecular flexibility index (Phi) is 6.49. The molecule has 2 amide bonds. The molecule has 0 radical (unpaired) electrons. The van der Waals surface area contributed by atoms with E-state index in [4.69, 9.17) is 0 Å². The first-order valence-corrected chi connectivity index (χ1v) is 8.50. The highest BCUT2D eigenvalue weighted by Gasteiger charge is 2.16. The van der Waals surface area contributed by atoms with Crippen molar-refractivity contribution in [3.63, 3.8) is 0 Å². The number of aryl methyl sites for hydroxylation is 1. The number of rotatable bonds is 6. The van der Waals surface area contributed by atoms with Gasteiger partial charge in [-0.05, 0) is 31.6 Å². The molecule has 0 unspecified atom stereocenters. The molecule has 0 bridgehead atoms. The Hall–Kier alpha value is -3.15. The summed E-state index contributed by atoms with van der Waals surface area (Å²) in [6, 6.07) is 10.8. The Morgan fingerprint density at radius 1 is 1.15 bits per heavy atom. The molecule has 1 heterocycles. The van der Waals surface area contributed by atoms with Crippen molar-refractivity contribution in [2.45, 2.75) is 13.8 Å². The molecule has 2 rings (SSSR count). The maximum atomic E-state index is 12.5. The molecule has 6 nitrogen and oxygen atoms in total. The van der Waals surface area contributed by atoms with Crippen molar-refractivity contribution in [3.8, 4) is 0 Å². The Morgan fingerprint density at radius 3 is 2.42 bits per heavy atom. The molecule has 2 aromatic rings. The summed E-state index contributed by atoms with van der Waals surface area (Å²) < 4.78 is 1.30. The lowest BCUT2D eigenvalue weighted by Gasteiger charge is -2.19. The third kappa shape index (κ3) is 4.69. The molecule has 26 heavy (non-hydrogen) atoms. The molecule has 1 aromatic heterocycles. The van der Waals surface area contributed by atoms with Gasteiger partial charge >= 0.3 is 0 Å². The minimum Gasteiger partial charge on any atom is -0.339 e. The minimum absolute atomic E-state index is 0.0771. The van der Waals surface area contributed by atoms with Crippen LogP contribution >= 0.6 is 0 Å². The summed E-state index contributed by atoms with van der Waals surface area (Å²) in [7, 11) is 1.55. The summed E-state index contributed by atoms with van der Waals surface area (Å²) in [5, 5.41) is 2.56. The number of nitrogens with zero attached hydrogens (tertiary/aromatic N) is 2. The highest BCUT2D eigenvalue weighted by molar-refractivity contribution is 6.02. The van der Waals surface area contributed by atoms with Crippen LogP contribution in [0.1, 0.15) is 29.8 Å². The summed E-state index contributed by atoms with van der Waals surface area (Å²) in [5.74, 6) is -0.612. The molecule has 1 N–H and O–H groups in total. The maximum absolute atomic E-state index is 12.5. The predicted octanol–water partition coefficient (Wildman–Crippen LogP) is 2.52. The van der Waals surface area contributed by atoms with Gasteiger partial charge in [-0.2, -0.15) is 0 Å². The fourth-order valence-corrected chi connectivity index (χ4v) is 2.52. The van der Waals surface area contributed by atoms with Gasteiger partial charge < -0.3 is 14.8 Å². The zero-order valence-corrected chi connectivity index (χ0v) is 15.2. The zero-order valence-electron chi connectivity index (χ0n) is 15.2. The van der Waals surface area contributed by atoms with E-state index < -0.39 is 5.91 Å². The second kappa shape index (κ2) is 8.80. The maximum Gasteiger partial charge on any atom is 0.274 e. The Labute approximate surface area is 152 Å². The lowest BCUT2D eigenvalue weighted by molar-refractivity contribution is -0.111. The van der Waals surface area contributed by atoms with Gasteiger partial charge in [0.2, 0.25) is 5.91 Å². The first kappa shape index (κ1) is 19.2. The number of nitrogens with one attached hydrogen (secondary N) is 1. The molecule has 1 aromatic carbocycles. The molecule has 0 saturated carbocycles. The van der Waals surface area contributed by atoms with Crippen molar-refractivity contribution < 1.29 is 9.59 Å². The SMILES string of the molecule is CCN(CC)C(=O)c1cc(NC(=O)/C=C\c2ccccc2)c(=O)n(C)c1. The molecule has 0 saturated heterocycles. The third-order valence-electron chi connectivity index (χ3n) is 3.97. The minimum atomic E-state index is -0.432. The van der Waals surface area contributed by atoms with E-state index in [2.05, 4.69) is 5.32 Å². The smallest absolute Gasteiger partial charge is 0.274 e. The first-order chi connectivity index (χ1) is 12.5. The van der Waals surface area contributed by atoms with Crippen molar-refractivity contribution >= 4 is 23.6 Å². The van der Waals surface area contributed by atoms with Crippen LogP contribution < -0.4 is 10.9 Å². The number of benzene rings is 1. The van der Waals surface area contributed by atoms with E-state index in [1.54, 1.807) is 18.0 Å². The fourth-order valence-electron chi connectivity index (χ4n) is 2.52. The number of aromatic nitrogens is 1. The largest absolute Gasteiger partial charge is 0.339 e. The van der Waals surface area contributed by atoms with Crippen LogP contribution in [0.25, 0.3) is 6.08 Å². The lowest BCUT2D eigenvalue weighted by atomic mass is 10.2. The summed E-state index contributed by atoms with van der Waals surface area (Å²) in [6.45, 7) is 4.92. The highest BCUT2D eigenvalue weighted by Crippen LogP contribution is 2.09. The Morgan fingerprint density at radius 2 is 1.81 bits per heavy atom. The number of carbonyl (C=O) groups is 2. The zero-order chi connectivity index (χ0) is 19.1. The number of amides is 2. The van der Waals surface area contributed by atoms with Crippen LogP contribution in [0.4, 0.5) is 5.69 Å². The third-order valence-corrected chi connectivity index (χ3v) is 3.97. The van der Waals surface area contributed by atoms with Crippen LogP contribution in [0.3, 0.4) is 0 Å². The van der Waals surface area contributed by atoms with Gasteiger partial charge in [0.1, 0.15) is 5.69 Å². The van der Waals surface area contributed by atoms with Crippen molar-refractivity contribution in [1.82, 2.24) is 9.47 Å². The van der Waals surface area contributed by atoms with E-state index in [0.29, 0.717) is 18.7 Å². The van der Waals surface area contributed by atoms with Gasteiger partial charge in [-0.1, -0.05) is 30.3 Å². The van der Waals surface area contributed by atoms with Crippen LogP contribution in [0.15, 0.2) is 53.5 Å². The second-order valence-electron chi connectivity index (χ2n) is 5.77. The monoisotopic (exact) mass is 353 g/mol. The Bertz CT molecular complexity index is 866. The molecule has 136 valence electrons. The molecular formula is C20H23N3O3. The summed E-state index contributed by atoms with van der Waals surface area (Å²) in [6.07, 6.45) is 4.50. The molecule has 0 aliphatic rings. The normalized spacial score (nSPS) is 10.7. The quantitative estimate of drug-likeness (QED) is 0.811. The fraction of sp³-hybridized carbons (Fsp3) is 0.250. The van der Waals surface area contributed by atoms with Crippen LogP contribution in [0.5, 0.6) is 0 Å². The van der Waals surface area contributed by atoms with Crippen LogP contribution in [0.2, 0.25) is 0 Å². The second-order valence-corrected chi connectivity index (χ2v) is 5.77. The molecule has 0 aliphatic carbocycles. The first-order valence-electron chi connectivity index (χ1n) is 8.50. The lowest BCUT2D eigenvalue weighted by Crippen LogP contribution is -2.32. The van der Waals surface area contributed by atoms with Crippen molar-refractivity contribution in [1.29, 1.82) is 0 Å². The molecular weight excluding hydrogens is 330 g/mol. The number of pyridine rings is 1.